The van der Waals surface area contributed by atoms with Crippen LogP contribution in [0.4, 0.5) is 11.4 Å². The Labute approximate surface area is 92.5 Å². The van der Waals surface area contributed by atoms with Gasteiger partial charge in [0.15, 0.2) is 0 Å². The molecule has 0 spiro atoms. The maximum absolute atomic E-state index is 10.6. The minimum absolute atomic E-state index is 0.0915. The fourth-order valence-electron chi connectivity index (χ4n) is 1.08. The van der Waals surface area contributed by atoms with Crippen molar-refractivity contribution in [1.82, 2.24) is 0 Å². The third-order valence-electron chi connectivity index (χ3n) is 1.78. The van der Waals surface area contributed by atoms with E-state index in [2.05, 4.69) is 11.3 Å². The standard InChI is InChI=1S/C10H11N3O3/c1-2-3-4-16-10-6-8(12-11)5-9(7-10)13(14)15/h1,5-7,12H,3-4,11H2. The van der Waals surface area contributed by atoms with Crippen molar-refractivity contribution < 1.29 is 9.66 Å². The Kier molecular flexibility index (Phi) is 4.12. The Morgan fingerprint density at radius 1 is 1.56 bits per heavy atom. The van der Waals surface area contributed by atoms with E-state index in [4.69, 9.17) is 17.0 Å². The summed E-state index contributed by atoms with van der Waals surface area (Å²) in [6.07, 6.45) is 5.49. The summed E-state index contributed by atoms with van der Waals surface area (Å²) < 4.78 is 5.24. The Bertz CT molecular complexity index is 426. The number of nitro groups is 1. The average molecular weight is 221 g/mol. The number of nitro benzene ring substituents is 1. The van der Waals surface area contributed by atoms with E-state index in [0.29, 0.717) is 24.5 Å². The lowest BCUT2D eigenvalue weighted by Gasteiger charge is -2.06. The van der Waals surface area contributed by atoms with E-state index in [1.165, 1.54) is 12.1 Å². The van der Waals surface area contributed by atoms with E-state index < -0.39 is 4.92 Å². The average Bonchev–Trinajstić information content (AvgIpc) is 2.29. The van der Waals surface area contributed by atoms with Crippen LogP contribution in [0.3, 0.4) is 0 Å². The van der Waals surface area contributed by atoms with Gasteiger partial charge < -0.3 is 10.2 Å². The van der Waals surface area contributed by atoms with E-state index in [1.54, 1.807) is 6.07 Å². The number of hydrogen-bond donors (Lipinski definition) is 2. The molecular formula is C10H11N3O3. The summed E-state index contributed by atoms with van der Waals surface area (Å²) in [6, 6.07) is 4.19. The van der Waals surface area contributed by atoms with Crippen LogP contribution in [0, 0.1) is 22.5 Å². The summed E-state index contributed by atoms with van der Waals surface area (Å²) in [5.41, 5.74) is 2.64. The van der Waals surface area contributed by atoms with E-state index in [9.17, 15) is 10.1 Å². The number of hydrazine groups is 1. The maximum atomic E-state index is 10.6. The number of non-ortho nitro benzene ring substituents is 1. The molecule has 0 bridgehead atoms. The first kappa shape index (κ1) is 11.8. The zero-order valence-corrected chi connectivity index (χ0v) is 8.47. The molecule has 0 atom stereocenters. The Morgan fingerprint density at radius 3 is 2.88 bits per heavy atom. The zero-order chi connectivity index (χ0) is 12.0. The summed E-state index contributed by atoms with van der Waals surface area (Å²) in [7, 11) is 0. The predicted molar refractivity (Wildman–Crippen MR) is 59.9 cm³/mol. The molecule has 0 unspecified atom stereocenters. The van der Waals surface area contributed by atoms with Gasteiger partial charge in [-0.15, -0.1) is 12.3 Å². The van der Waals surface area contributed by atoms with Gasteiger partial charge in [0.05, 0.1) is 23.3 Å². The Morgan fingerprint density at radius 2 is 2.31 bits per heavy atom. The highest BCUT2D eigenvalue weighted by atomic mass is 16.6. The fraction of sp³-hybridized carbons (Fsp3) is 0.200. The van der Waals surface area contributed by atoms with Crippen molar-refractivity contribution in [3.63, 3.8) is 0 Å². The third-order valence-corrected chi connectivity index (χ3v) is 1.78. The Hall–Kier alpha value is -2.26. The molecule has 6 nitrogen and oxygen atoms in total. The Balaban J connectivity index is 2.87. The van der Waals surface area contributed by atoms with Gasteiger partial charge in [0.25, 0.3) is 5.69 Å². The van der Waals surface area contributed by atoms with Crippen LogP contribution in [0.2, 0.25) is 0 Å². The molecule has 16 heavy (non-hydrogen) atoms. The number of nitrogen functional groups attached to an aromatic ring is 1. The second kappa shape index (κ2) is 5.58. The molecule has 0 radical (unpaired) electrons. The first-order valence-electron chi connectivity index (χ1n) is 4.49. The van der Waals surface area contributed by atoms with Crippen molar-refractivity contribution in [2.75, 3.05) is 12.0 Å². The topological polar surface area (TPSA) is 90.4 Å². The van der Waals surface area contributed by atoms with Gasteiger partial charge >= 0.3 is 0 Å². The molecule has 0 aliphatic carbocycles. The summed E-state index contributed by atoms with van der Waals surface area (Å²) in [5, 5.41) is 10.6. The van der Waals surface area contributed by atoms with Crippen LogP contribution in [0.1, 0.15) is 6.42 Å². The number of ether oxygens (including phenoxy) is 1. The smallest absolute Gasteiger partial charge is 0.275 e. The summed E-state index contributed by atoms with van der Waals surface area (Å²) in [4.78, 5) is 10.1. The van der Waals surface area contributed by atoms with Crippen LogP contribution in [0.15, 0.2) is 18.2 Å². The van der Waals surface area contributed by atoms with Crippen LogP contribution in [0.5, 0.6) is 5.75 Å². The quantitative estimate of drug-likeness (QED) is 0.257. The van der Waals surface area contributed by atoms with Crippen molar-refractivity contribution in [3.05, 3.63) is 28.3 Å². The van der Waals surface area contributed by atoms with Crippen LogP contribution < -0.4 is 16.0 Å². The number of hydrogen-bond acceptors (Lipinski definition) is 5. The molecular weight excluding hydrogens is 210 g/mol. The van der Waals surface area contributed by atoms with Crippen LogP contribution in [-0.2, 0) is 0 Å². The van der Waals surface area contributed by atoms with Crippen LogP contribution in [0.25, 0.3) is 0 Å². The predicted octanol–water partition coefficient (Wildman–Crippen LogP) is 1.28. The number of nitrogens with zero attached hydrogens (tertiary/aromatic N) is 1. The monoisotopic (exact) mass is 221 g/mol. The lowest BCUT2D eigenvalue weighted by Crippen LogP contribution is -2.07. The van der Waals surface area contributed by atoms with Crippen molar-refractivity contribution >= 4 is 11.4 Å². The van der Waals surface area contributed by atoms with Gasteiger partial charge in [0.2, 0.25) is 0 Å². The molecule has 6 heteroatoms. The SMILES string of the molecule is C#CCCOc1cc(NN)cc([N+](=O)[O-])c1. The number of benzene rings is 1. The second-order valence-corrected chi connectivity index (χ2v) is 2.92. The van der Waals surface area contributed by atoms with E-state index in [1.807, 2.05) is 0 Å². The first-order valence-corrected chi connectivity index (χ1v) is 4.49. The molecule has 0 aliphatic rings. The number of rotatable bonds is 5. The van der Waals surface area contributed by atoms with Crippen molar-refractivity contribution in [3.8, 4) is 18.1 Å². The molecule has 1 aromatic rings. The molecule has 0 heterocycles. The zero-order valence-electron chi connectivity index (χ0n) is 8.47. The number of nitrogens with two attached hydrogens (primary N) is 1. The van der Waals surface area contributed by atoms with Gasteiger partial charge in [0.1, 0.15) is 5.75 Å². The molecule has 3 N–H and O–H groups in total. The third kappa shape index (κ3) is 3.15. The maximum Gasteiger partial charge on any atom is 0.275 e. The van der Waals surface area contributed by atoms with Crippen molar-refractivity contribution in [2.45, 2.75) is 6.42 Å². The van der Waals surface area contributed by atoms with Gasteiger partial charge in [-0.1, -0.05) is 0 Å². The van der Waals surface area contributed by atoms with E-state index >= 15 is 0 Å². The molecule has 1 rings (SSSR count). The minimum atomic E-state index is -0.519. The van der Waals surface area contributed by atoms with Gasteiger partial charge in [-0.25, -0.2) is 0 Å². The highest BCUT2D eigenvalue weighted by Crippen LogP contribution is 2.25. The van der Waals surface area contributed by atoms with Gasteiger partial charge in [-0.05, 0) is 0 Å². The molecule has 1 aromatic carbocycles. The van der Waals surface area contributed by atoms with Crippen LogP contribution >= 0.6 is 0 Å². The van der Waals surface area contributed by atoms with Gasteiger partial charge in [-0.2, -0.15) is 0 Å². The molecule has 0 aromatic heterocycles. The lowest BCUT2D eigenvalue weighted by molar-refractivity contribution is -0.384. The molecule has 0 amide bonds. The van der Waals surface area contributed by atoms with Gasteiger partial charge in [0, 0.05) is 18.6 Å². The fourth-order valence-corrected chi connectivity index (χ4v) is 1.08. The van der Waals surface area contributed by atoms with Crippen LogP contribution in [-0.4, -0.2) is 11.5 Å². The van der Waals surface area contributed by atoms with Gasteiger partial charge in [-0.3, -0.25) is 16.0 Å². The second-order valence-electron chi connectivity index (χ2n) is 2.92. The highest BCUT2D eigenvalue weighted by Gasteiger charge is 2.09. The number of anilines is 1. The van der Waals surface area contributed by atoms with Crippen molar-refractivity contribution in [1.29, 1.82) is 0 Å². The molecule has 0 saturated carbocycles. The van der Waals surface area contributed by atoms with E-state index in [0.717, 1.165) is 0 Å². The lowest BCUT2D eigenvalue weighted by atomic mass is 10.2. The minimum Gasteiger partial charge on any atom is -0.492 e. The highest BCUT2D eigenvalue weighted by molar-refractivity contribution is 5.55. The normalized spacial score (nSPS) is 9.25. The summed E-state index contributed by atoms with van der Waals surface area (Å²) >= 11 is 0. The molecule has 0 fully saturated rings. The van der Waals surface area contributed by atoms with Crippen molar-refractivity contribution in [2.24, 2.45) is 5.84 Å². The molecule has 0 aliphatic heterocycles. The number of nitrogens with one attached hydrogen (secondary N) is 1. The summed E-state index contributed by atoms with van der Waals surface area (Å²) in [5.74, 6) is 7.95. The number of terminal acetylenes is 1. The molecule has 84 valence electrons. The largest absolute Gasteiger partial charge is 0.492 e. The van der Waals surface area contributed by atoms with E-state index in [-0.39, 0.29) is 5.69 Å². The molecule has 0 saturated heterocycles. The first-order chi connectivity index (χ1) is 7.67. The summed E-state index contributed by atoms with van der Waals surface area (Å²) in [6.45, 7) is 0.307.